The normalized spacial score (nSPS) is 11.9. The number of nitrogens with one attached hydrogen (secondary N) is 1. The van der Waals surface area contributed by atoms with Crippen molar-refractivity contribution in [3.8, 4) is 0 Å². The number of hydrogen-bond donors (Lipinski definition) is 2. The average molecular weight is 352 g/mol. The van der Waals surface area contributed by atoms with Crippen molar-refractivity contribution < 1.29 is 33.5 Å². The Bertz CT molecular complexity index is 607. The van der Waals surface area contributed by atoms with Gasteiger partial charge in [-0.2, -0.15) is 9.58 Å². The Labute approximate surface area is 143 Å². The van der Waals surface area contributed by atoms with Crippen LogP contribution in [0.25, 0.3) is 11.1 Å². The lowest BCUT2D eigenvalue weighted by Gasteiger charge is -2.19. The van der Waals surface area contributed by atoms with E-state index in [0.717, 1.165) is 0 Å². The molecular weight excluding hydrogens is 332 g/mol. The molecule has 25 heavy (non-hydrogen) atoms. The van der Waals surface area contributed by atoms with Gasteiger partial charge in [-0.25, -0.2) is 4.79 Å². The summed E-state index contributed by atoms with van der Waals surface area (Å²) in [5.74, 6) is -2.49. The largest absolute Gasteiger partial charge is 0.464 e. The highest BCUT2D eigenvalue weighted by atomic mass is 16.5. The lowest BCUT2D eigenvalue weighted by molar-refractivity contribution is -0.147. The number of Topliss-reactive ketones (excluding diaryl/α,β-unsaturated/α-hetero) is 2. The summed E-state index contributed by atoms with van der Waals surface area (Å²) in [6, 6.07) is -2.19. The Hall–Kier alpha value is -3.00. The minimum absolute atomic E-state index is 0.0255. The molecule has 3 N–H and O–H groups in total. The number of rotatable bonds is 12. The quantitative estimate of drug-likeness (QED) is 0.189. The fraction of sp³-hybridized carbons (Fsp3) is 0.571. The Morgan fingerprint density at radius 3 is 2.08 bits per heavy atom. The number of esters is 1. The summed E-state index contributed by atoms with van der Waals surface area (Å²) < 4.78 is 4.82. The molecule has 11 nitrogen and oxygen atoms in total. The van der Waals surface area contributed by atoms with E-state index in [1.807, 2.05) is 0 Å². The SMILES string of the molecule is CCOC(=O)[C@H](CCC(=O)C=[N+]=[N-])NC(=O)[C@@H](N)CCC(=O)C=[N+]=[N-]. The fourth-order valence-electron chi connectivity index (χ4n) is 1.74. The van der Waals surface area contributed by atoms with Gasteiger partial charge in [-0.1, -0.05) is 0 Å². The Morgan fingerprint density at radius 2 is 1.60 bits per heavy atom. The van der Waals surface area contributed by atoms with Gasteiger partial charge in [0.25, 0.3) is 0 Å². The molecular formula is C14H20N6O5. The first-order chi connectivity index (χ1) is 11.8. The lowest BCUT2D eigenvalue weighted by Crippen LogP contribution is -2.49. The predicted molar refractivity (Wildman–Crippen MR) is 84.4 cm³/mol. The van der Waals surface area contributed by atoms with Gasteiger partial charge in [-0.3, -0.25) is 14.4 Å². The van der Waals surface area contributed by atoms with Crippen LogP contribution in [0.4, 0.5) is 0 Å². The highest BCUT2D eigenvalue weighted by Gasteiger charge is 2.26. The molecule has 0 aromatic heterocycles. The molecule has 136 valence electrons. The maximum Gasteiger partial charge on any atom is 0.328 e. The molecule has 0 fully saturated rings. The van der Waals surface area contributed by atoms with Crippen LogP contribution in [0.5, 0.6) is 0 Å². The van der Waals surface area contributed by atoms with Gasteiger partial charge in [0, 0.05) is 12.8 Å². The van der Waals surface area contributed by atoms with E-state index in [9.17, 15) is 19.2 Å². The molecule has 0 saturated carbocycles. The third kappa shape index (κ3) is 9.67. The van der Waals surface area contributed by atoms with E-state index in [-0.39, 0.29) is 32.3 Å². The third-order valence-electron chi connectivity index (χ3n) is 3.01. The number of ether oxygens (including phenoxy) is 1. The average Bonchev–Trinajstić information content (AvgIpc) is 2.56. The highest BCUT2D eigenvalue weighted by Crippen LogP contribution is 2.03. The Morgan fingerprint density at radius 1 is 1.08 bits per heavy atom. The van der Waals surface area contributed by atoms with Crippen molar-refractivity contribution in [1.82, 2.24) is 5.32 Å². The van der Waals surface area contributed by atoms with Gasteiger partial charge in [-0.15, -0.1) is 0 Å². The molecule has 0 rings (SSSR count). The van der Waals surface area contributed by atoms with Crippen LogP contribution >= 0.6 is 0 Å². The number of amides is 1. The smallest absolute Gasteiger partial charge is 0.328 e. The van der Waals surface area contributed by atoms with Crippen LogP contribution in [-0.4, -0.2) is 64.1 Å². The minimum atomic E-state index is -1.11. The van der Waals surface area contributed by atoms with Crippen molar-refractivity contribution in [2.24, 2.45) is 5.73 Å². The molecule has 0 unspecified atom stereocenters. The van der Waals surface area contributed by atoms with Gasteiger partial charge < -0.3 is 26.8 Å². The zero-order valence-electron chi connectivity index (χ0n) is 13.8. The summed E-state index contributed by atoms with van der Waals surface area (Å²) in [5, 5.41) is 2.36. The number of nitrogens with zero attached hydrogens (tertiary/aromatic N) is 4. The highest BCUT2D eigenvalue weighted by molar-refractivity contribution is 6.25. The van der Waals surface area contributed by atoms with Crippen LogP contribution in [0.1, 0.15) is 32.6 Å². The first-order valence-corrected chi connectivity index (χ1v) is 7.48. The topological polar surface area (TPSA) is 188 Å². The molecule has 0 heterocycles. The maximum atomic E-state index is 12.0. The van der Waals surface area contributed by atoms with E-state index in [2.05, 4.69) is 14.9 Å². The van der Waals surface area contributed by atoms with E-state index >= 15 is 0 Å². The van der Waals surface area contributed by atoms with Crippen molar-refractivity contribution in [3.63, 3.8) is 0 Å². The van der Waals surface area contributed by atoms with E-state index in [0.29, 0.717) is 12.4 Å². The molecule has 2 atom stereocenters. The summed E-state index contributed by atoms with van der Waals surface area (Å²) in [7, 11) is 0. The van der Waals surface area contributed by atoms with Crippen LogP contribution in [0.2, 0.25) is 0 Å². The van der Waals surface area contributed by atoms with E-state index < -0.39 is 35.5 Å². The van der Waals surface area contributed by atoms with Crippen molar-refractivity contribution in [1.29, 1.82) is 0 Å². The summed E-state index contributed by atoms with van der Waals surface area (Å²) >= 11 is 0. The second-order valence-corrected chi connectivity index (χ2v) is 4.92. The van der Waals surface area contributed by atoms with Gasteiger partial charge in [0.05, 0.1) is 12.6 Å². The molecule has 0 aromatic carbocycles. The van der Waals surface area contributed by atoms with Crippen molar-refractivity contribution in [3.05, 3.63) is 11.1 Å². The van der Waals surface area contributed by atoms with Crippen LogP contribution in [0.3, 0.4) is 0 Å². The number of carbonyl (C=O) groups is 4. The molecule has 0 aliphatic heterocycles. The first kappa shape index (κ1) is 22.0. The standard InChI is InChI=1S/C14H20N6O5/c1-2-25-14(24)12(6-4-10(22)8-19-17)20-13(23)11(15)5-3-9(21)7-18-16/h7-8,11-12H,2-6,15H2,1H3,(H,20,23)/t11-,12-/m0/s1. The Balaban J connectivity index is 4.74. The van der Waals surface area contributed by atoms with E-state index in [4.69, 9.17) is 21.5 Å². The molecule has 0 spiro atoms. The number of hydrogen-bond acceptors (Lipinski definition) is 6. The molecule has 0 aromatic rings. The van der Waals surface area contributed by atoms with E-state index in [1.165, 1.54) is 0 Å². The summed E-state index contributed by atoms with van der Waals surface area (Å²) in [6.45, 7) is 1.67. The van der Waals surface area contributed by atoms with Crippen LogP contribution in [0.15, 0.2) is 0 Å². The number of carbonyl (C=O) groups excluding carboxylic acids is 4. The van der Waals surface area contributed by atoms with Crippen molar-refractivity contribution in [2.45, 2.75) is 44.7 Å². The second kappa shape index (κ2) is 12.4. The van der Waals surface area contributed by atoms with Gasteiger partial charge >= 0.3 is 18.4 Å². The second-order valence-electron chi connectivity index (χ2n) is 4.92. The van der Waals surface area contributed by atoms with E-state index in [1.54, 1.807) is 6.92 Å². The number of nitrogens with two attached hydrogens (primary N) is 1. The fourth-order valence-corrected chi connectivity index (χ4v) is 1.74. The molecule has 0 saturated heterocycles. The molecule has 0 aliphatic carbocycles. The third-order valence-corrected chi connectivity index (χ3v) is 3.01. The van der Waals surface area contributed by atoms with Gasteiger partial charge in [0.1, 0.15) is 6.04 Å². The molecule has 0 bridgehead atoms. The monoisotopic (exact) mass is 352 g/mol. The van der Waals surface area contributed by atoms with Gasteiger partial charge in [-0.05, 0) is 19.8 Å². The summed E-state index contributed by atoms with van der Waals surface area (Å²) in [5.41, 5.74) is 22.1. The maximum absolute atomic E-state index is 12.0. The van der Waals surface area contributed by atoms with Crippen molar-refractivity contribution in [2.75, 3.05) is 6.61 Å². The minimum Gasteiger partial charge on any atom is -0.464 e. The van der Waals surface area contributed by atoms with Crippen LogP contribution in [-0.2, 0) is 23.9 Å². The van der Waals surface area contributed by atoms with Gasteiger partial charge in [0.2, 0.25) is 17.5 Å². The zero-order valence-corrected chi connectivity index (χ0v) is 13.8. The van der Waals surface area contributed by atoms with Gasteiger partial charge in [0.15, 0.2) is 0 Å². The molecule has 11 heteroatoms. The van der Waals surface area contributed by atoms with Crippen LogP contribution in [0, 0.1) is 0 Å². The molecule has 1 amide bonds. The molecule has 0 radical (unpaired) electrons. The zero-order chi connectivity index (χ0) is 19.2. The predicted octanol–water partition coefficient (Wildman–Crippen LogP) is -1.34. The number of ketones is 2. The summed E-state index contributed by atoms with van der Waals surface area (Å²) in [4.78, 5) is 51.5. The summed E-state index contributed by atoms with van der Waals surface area (Å²) in [6.07, 6.45) is 1.01. The van der Waals surface area contributed by atoms with Crippen molar-refractivity contribution >= 4 is 35.9 Å². The first-order valence-electron chi connectivity index (χ1n) is 7.48. The Kier molecular flexibility index (Phi) is 10.9. The lowest BCUT2D eigenvalue weighted by atomic mass is 10.1. The molecule has 0 aliphatic rings. The van der Waals surface area contributed by atoms with Crippen LogP contribution < -0.4 is 11.1 Å².